The van der Waals surface area contributed by atoms with Crippen molar-refractivity contribution in [3.8, 4) is 0 Å². The molecule has 0 fully saturated rings. The van der Waals surface area contributed by atoms with Crippen molar-refractivity contribution in [3.05, 3.63) is 23.8 Å². The van der Waals surface area contributed by atoms with Gasteiger partial charge in [0, 0.05) is 0 Å². The van der Waals surface area contributed by atoms with Crippen LogP contribution in [0.5, 0.6) is 0 Å². The molecule has 0 nitrogen and oxygen atoms in total. The summed E-state index contributed by atoms with van der Waals surface area (Å²) in [5.41, 5.74) is 2.53. The molecule has 0 heterocycles. The van der Waals surface area contributed by atoms with E-state index in [1.165, 1.54) is 18.4 Å². The minimum Gasteiger partial charge on any atom is -0.0853 e. The van der Waals surface area contributed by atoms with E-state index in [4.69, 9.17) is 6.58 Å². The van der Waals surface area contributed by atoms with Crippen molar-refractivity contribution in [3.63, 3.8) is 0 Å². The highest BCUT2D eigenvalue weighted by atomic mass is 13.9. The van der Waals surface area contributed by atoms with E-state index >= 15 is 0 Å². The van der Waals surface area contributed by atoms with Gasteiger partial charge in [0.25, 0.3) is 0 Å². The first-order chi connectivity index (χ1) is 5.16. The van der Waals surface area contributed by atoms with Crippen LogP contribution in [0.25, 0.3) is 0 Å². The fraction of sp³-hybridized carbons (Fsp3) is 0.636. The number of allylic oxidation sites excluding steroid dienone is 3. The number of hydrogen-bond acceptors (Lipinski definition) is 0. The highest BCUT2D eigenvalue weighted by Gasteiger charge is 1.87. The highest BCUT2D eigenvalue weighted by Crippen LogP contribution is 2.07. The lowest BCUT2D eigenvalue weighted by Crippen LogP contribution is -1.77. The third-order valence-electron chi connectivity index (χ3n) is 1.68. The van der Waals surface area contributed by atoms with Gasteiger partial charge in [-0.05, 0) is 33.1 Å². The van der Waals surface area contributed by atoms with E-state index in [0.717, 1.165) is 18.4 Å². The lowest BCUT2D eigenvalue weighted by atomic mass is 10.1. The van der Waals surface area contributed by atoms with Crippen LogP contribution in [0.15, 0.2) is 17.2 Å². The molecule has 1 radical (unpaired) electrons. The fourth-order valence-corrected chi connectivity index (χ4v) is 1.04. The van der Waals surface area contributed by atoms with Crippen molar-refractivity contribution in [1.29, 1.82) is 0 Å². The zero-order chi connectivity index (χ0) is 8.69. The van der Waals surface area contributed by atoms with Crippen molar-refractivity contribution in [1.82, 2.24) is 0 Å². The first-order valence-corrected chi connectivity index (χ1v) is 4.40. The second-order valence-electron chi connectivity index (χ2n) is 3.19. The topological polar surface area (TPSA) is 0 Å². The van der Waals surface area contributed by atoms with Gasteiger partial charge in [-0.25, -0.2) is 0 Å². The predicted molar refractivity (Wildman–Crippen MR) is 51.4 cm³/mol. The third kappa shape index (κ3) is 7.38. The molecule has 0 amide bonds. The average molecular weight is 151 g/mol. The van der Waals surface area contributed by atoms with Crippen LogP contribution in [0, 0.1) is 6.58 Å². The second-order valence-corrected chi connectivity index (χ2v) is 3.19. The maximum atomic E-state index is 5.54. The molecule has 0 spiro atoms. The normalized spacial score (nSPS) is 11.7. The molecule has 0 aliphatic rings. The summed E-state index contributed by atoms with van der Waals surface area (Å²) < 4.78 is 0. The largest absolute Gasteiger partial charge is 0.0853 e. The zero-order valence-corrected chi connectivity index (χ0v) is 7.98. The summed E-state index contributed by atoms with van der Waals surface area (Å²) in [6, 6.07) is 0. The van der Waals surface area contributed by atoms with E-state index in [0.29, 0.717) is 0 Å². The molecular formula is C11H19. The van der Waals surface area contributed by atoms with Crippen molar-refractivity contribution in [2.75, 3.05) is 0 Å². The molecule has 0 aromatic carbocycles. The van der Waals surface area contributed by atoms with Gasteiger partial charge in [-0.2, -0.15) is 0 Å². The van der Waals surface area contributed by atoms with Crippen LogP contribution in [-0.2, 0) is 0 Å². The molecule has 0 atom stereocenters. The van der Waals surface area contributed by atoms with Gasteiger partial charge in [0.05, 0.1) is 0 Å². The summed E-state index contributed by atoms with van der Waals surface area (Å²) in [5.74, 6) is 0. The minimum atomic E-state index is 1.03. The molecule has 0 aliphatic carbocycles. The Labute approximate surface area is 71.0 Å². The zero-order valence-electron chi connectivity index (χ0n) is 7.98. The quantitative estimate of drug-likeness (QED) is 0.523. The van der Waals surface area contributed by atoms with Crippen molar-refractivity contribution in [2.45, 2.75) is 46.5 Å². The molecule has 11 heavy (non-hydrogen) atoms. The second kappa shape index (κ2) is 6.21. The van der Waals surface area contributed by atoms with Gasteiger partial charge in [0.1, 0.15) is 0 Å². The molecule has 0 aromatic rings. The summed E-state index contributed by atoms with van der Waals surface area (Å²) in [7, 11) is 0. The molecule has 0 saturated heterocycles. The van der Waals surface area contributed by atoms with Crippen molar-refractivity contribution >= 4 is 0 Å². The lowest BCUT2D eigenvalue weighted by Gasteiger charge is -1.97. The van der Waals surface area contributed by atoms with Crippen LogP contribution < -0.4 is 0 Å². The van der Waals surface area contributed by atoms with Crippen LogP contribution >= 0.6 is 0 Å². The Morgan fingerprint density at radius 3 is 2.36 bits per heavy atom. The molecule has 0 aliphatic heterocycles. The Morgan fingerprint density at radius 2 is 1.91 bits per heavy atom. The standard InChI is InChI=1S/C11H19/c1-5-7-11(4)9-6-8-10(2)3/h2,9H,5-8H2,1,3-4H3. The number of hydrogen-bond donors (Lipinski definition) is 0. The summed E-state index contributed by atoms with van der Waals surface area (Å²) in [6.07, 6.45) is 6.90. The van der Waals surface area contributed by atoms with Crippen molar-refractivity contribution in [2.24, 2.45) is 0 Å². The van der Waals surface area contributed by atoms with Gasteiger partial charge >= 0.3 is 0 Å². The van der Waals surface area contributed by atoms with Gasteiger partial charge in [0.15, 0.2) is 0 Å². The van der Waals surface area contributed by atoms with E-state index in [1.54, 1.807) is 0 Å². The van der Waals surface area contributed by atoms with E-state index in [9.17, 15) is 0 Å². The van der Waals surface area contributed by atoms with Crippen LogP contribution in [-0.4, -0.2) is 0 Å². The van der Waals surface area contributed by atoms with E-state index in [2.05, 4.69) is 19.9 Å². The molecular weight excluding hydrogens is 132 g/mol. The fourth-order valence-electron chi connectivity index (χ4n) is 1.04. The van der Waals surface area contributed by atoms with Gasteiger partial charge < -0.3 is 0 Å². The summed E-state index contributed by atoms with van der Waals surface area (Å²) in [4.78, 5) is 0. The van der Waals surface area contributed by atoms with Crippen molar-refractivity contribution < 1.29 is 0 Å². The van der Waals surface area contributed by atoms with Crippen LogP contribution in [0.2, 0.25) is 0 Å². The van der Waals surface area contributed by atoms with E-state index in [1.807, 2.05) is 6.92 Å². The Bertz CT molecular complexity index is 140. The number of rotatable bonds is 5. The van der Waals surface area contributed by atoms with Gasteiger partial charge in [-0.3, -0.25) is 0 Å². The predicted octanol–water partition coefficient (Wildman–Crippen LogP) is 3.89. The monoisotopic (exact) mass is 151 g/mol. The maximum Gasteiger partial charge on any atom is -0.0285 e. The van der Waals surface area contributed by atoms with Crippen LogP contribution in [0.3, 0.4) is 0 Å². The average Bonchev–Trinajstić information content (AvgIpc) is 1.87. The smallest absolute Gasteiger partial charge is 0.0285 e. The van der Waals surface area contributed by atoms with Gasteiger partial charge in [0.2, 0.25) is 0 Å². The highest BCUT2D eigenvalue weighted by molar-refractivity contribution is 4.99. The Hall–Kier alpha value is -0.520. The first-order valence-electron chi connectivity index (χ1n) is 4.40. The maximum absolute atomic E-state index is 5.54. The van der Waals surface area contributed by atoms with E-state index < -0.39 is 0 Å². The lowest BCUT2D eigenvalue weighted by molar-refractivity contribution is 0.881. The Kier molecular flexibility index (Phi) is 5.91. The van der Waals surface area contributed by atoms with Gasteiger partial charge in [-0.1, -0.05) is 37.1 Å². The minimum absolute atomic E-state index is 1.03. The molecule has 0 unspecified atom stereocenters. The Morgan fingerprint density at radius 1 is 1.27 bits per heavy atom. The van der Waals surface area contributed by atoms with E-state index in [-0.39, 0.29) is 0 Å². The summed E-state index contributed by atoms with van der Waals surface area (Å²) >= 11 is 0. The molecule has 0 heteroatoms. The summed E-state index contributed by atoms with van der Waals surface area (Å²) in [5, 5.41) is 0. The molecule has 0 bridgehead atoms. The SMILES string of the molecule is [CH]=C(C)CCC=C(C)CCC. The summed E-state index contributed by atoms with van der Waals surface area (Å²) in [6.45, 7) is 11.9. The molecule has 63 valence electrons. The first kappa shape index (κ1) is 10.5. The third-order valence-corrected chi connectivity index (χ3v) is 1.68. The van der Waals surface area contributed by atoms with Crippen LogP contribution in [0.1, 0.15) is 46.5 Å². The van der Waals surface area contributed by atoms with Gasteiger partial charge in [-0.15, -0.1) is 0 Å². The molecule has 0 aromatic heterocycles. The molecule has 0 saturated carbocycles. The Balaban J connectivity index is 3.47. The molecule has 0 N–H and O–H groups in total. The molecule has 0 rings (SSSR count). The van der Waals surface area contributed by atoms with Crippen LogP contribution in [0.4, 0.5) is 0 Å².